The second-order valence-corrected chi connectivity index (χ2v) is 10.2. The Labute approximate surface area is 197 Å². The van der Waals surface area contributed by atoms with E-state index in [1.807, 2.05) is 0 Å². The van der Waals surface area contributed by atoms with Gasteiger partial charge in [-0.05, 0) is 43.2 Å². The number of rotatable bonds is 6. The number of nitrogens with zero attached hydrogens (tertiary/aromatic N) is 1. The largest absolute Gasteiger partial charge is 0.476 e. The molecule has 33 heavy (non-hydrogen) atoms. The fourth-order valence-corrected chi connectivity index (χ4v) is 4.86. The standard InChI is InChI=1S/C22H24ClN3O6S/c1-33(29,30)26-13-20(32-19-9-8-14(23)11-18(19)26)22(28)25-17-7-3-2-6-16(17)21(27)24-12-15-5-4-10-31-15/h2-3,6-9,11,15,20H,4-5,10,12-13H2,1H3,(H,24,27)(H,25,28). The van der Waals surface area contributed by atoms with Gasteiger partial charge >= 0.3 is 0 Å². The molecular formula is C22H24ClN3O6S. The zero-order valence-electron chi connectivity index (χ0n) is 17.9. The van der Waals surface area contributed by atoms with Gasteiger partial charge < -0.3 is 20.1 Å². The van der Waals surface area contributed by atoms with Gasteiger partial charge in [0, 0.05) is 18.2 Å². The molecule has 2 N–H and O–H groups in total. The fraction of sp³-hybridized carbons (Fsp3) is 0.364. The van der Waals surface area contributed by atoms with Crippen LogP contribution in [-0.2, 0) is 19.6 Å². The first-order valence-electron chi connectivity index (χ1n) is 10.5. The van der Waals surface area contributed by atoms with E-state index in [4.69, 9.17) is 21.1 Å². The molecule has 4 rings (SSSR count). The van der Waals surface area contributed by atoms with Crippen LogP contribution in [0.2, 0.25) is 5.02 Å². The number of hydrogen-bond acceptors (Lipinski definition) is 6. The van der Waals surface area contributed by atoms with Crippen molar-refractivity contribution < 1.29 is 27.5 Å². The van der Waals surface area contributed by atoms with Crippen molar-refractivity contribution in [2.24, 2.45) is 0 Å². The van der Waals surface area contributed by atoms with Gasteiger partial charge in [-0.2, -0.15) is 0 Å². The number of halogens is 1. The Hall–Kier alpha value is -2.82. The molecule has 2 aromatic rings. The van der Waals surface area contributed by atoms with E-state index in [-0.39, 0.29) is 35.6 Å². The Morgan fingerprint density at radius 1 is 1.21 bits per heavy atom. The lowest BCUT2D eigenvalue weighted by molar-refractivity contribution is -0.122. The molecule has 176 valence electrons. The lowest BCUT2D eigenvalue weighted by atomic mass is 10.1. The molecule has 1 fully saturated rings. The number of ether oxygens (including phenoxy) is 2. The quantitative estimate of drug-likeness (QED) is 0.638. The Morgan fingerprint density at radius 3 is 2.73 bits per heavy atom. The molecule has 2 heterocycles. The molecule has 2 aromatic carbocycles. The van der Waals surface area contributed by atoms with Gasteiger partial charge in [0.1, 0.15) is 5.75 Å². The number of anilines is 2. The lowest BCUT2D eigenvalue weighted by Gasteiger charge is -2.34. The van der Waals surface area contributed by atoms with Crippen LogP contribution in [0.15, 0.2) is 42.5 Å². The van der Waals surface area contributed by atoms with Crippen molar-refractivity contribution in [2.75, 3.05) is 35.6 Å². The molecule has 2 amide bonds. The zero-order chi connectivity index (χ0) is 23.6. The van der Waals surface area contributed by atoms with Crippen molar-refractivity contribution >= 4 is 44.8 Å². The van der Waals surface area contributed by atoms with Crippen LogP contribution in [-0.4, -0.2) is 58.4 Å². The average Bonchev–Trinajstić information content (AvgIpc) is 3.30. The molecule has 2 unspecified atom stereocenters. The van der Waals surface area contributed by atoms with E-state index in [0.29, 0.717) is 23.9 Å². The number of para-hydroxylation sites is 1. The number of carbonyl (C=O) groups excluding carboxylic acids is 2. The summed E-state index contributed by atoms with van der Waals surface area (Å²) in [6, 6.07) is 11.1. The van der Waals surface area contributed by atoms with Gasteiger partial charge in [-0.3, -0.25) is 13.9 Å². The third-order valence-corrected chi connectivity index (χ3v) is 6.81. The summed E-state index contributed by atoms with van der Waals surface area (Å²) in [4.78, 5) is 25.7. The van der Waals surface area contributed by atoms with E-state index < -0.39 is 22.0 Å². The summed E-state index contributed by atoms with van der Waals surface area (Å²) in [6.45, 7) is 0.843. The van der Waals surface area contributed by atoms with Crippen molar-refractivity contribution in [2.45, 2.75) is 25.0 Å². The number of sulfonamides is 1. The van der Waals surface area contributed by atoms with Crippen LogP contribution in [0.1, 0.15) is 23.2 Å². The molecule has 2 aliphatic rings. The highest BCUT2D eigenvalue weighted by molar-refractivity contribution is 7.92. The summed E-state index contributed by atoms with van der Waals surface area (Å²) in [5, 5.41) is 5.88. The molecule has 9 nitrogen and oxygen atoms in total. The molecule has 11 heteroatoms. The maximum atomic E-state index is 13.0. The molecule has 0 saturated carbocycles. The van der Waals surface area contributed by atoms with Gasteiger partial charge in [0.25, 0.3) is 11.8 Å². The van der Waals surface area contributed by atoms with Crippen molar-refractivity contribution in [3.8, 4) is 5.75 Å². The molecule has 0 radical (unpaired) electrons. The SMILES string of the molecule is CS(=O)(=O)N1CC(C(=O)Nc2ccccc2C(=O)NCC2CCCO2)Oc2ccc(Cl)cc21. The van der Waals surface area contributed by atoms with Crippen molar-refractivity contribution in [1.29, 1.82) is 0 Å². The minimum absolute atomic E-state index is 0.0121. The van der Waals surface area contributed by atoms with E-state index >= 15 is 0 Å². The molecule has 1 saturated heterocycles. The first kappa shape index (κ1) is 23.3. The van der Waals surface area contributed by atoms with Crippen molar-refractivity contribution in [3.63, 3.8) is 0 Å². The summed E-state index contributed by atoms with van der Waals surface area (Å²) < 4.78 is 37.1. The average molecular weight is 494 g/mol. The van der Waals surface area contributed by atoms with Crippen LogP contribution in [0.3, 0.4) is 0 Å². The van der Waals surface area contributed by atoms with Crippen molar-refractivity contribution in [3.05, 3.63) is 53.1 Å². The highest BCUT2D eigenvalue weighted by Crippen LogP contribution is 2.37. The highest BCUT2D eigenvalue weighted by atomic mass is 35.5. The second-order valence-electron chi connectivity index (χ2n) is 7.89. The maximum absolute atomic E-state index is 13.0. The second kappa shape index (κ2) is 9.58. The first-order chi connectivity index (χ1) is 15.7. The number of nitrogens with one attached hydrogen (secondary N) is 2. The normalized spacial score (nSPS) is 20.0. The van der Waals surface area contributed by atoms with Crippen LogP contribution < -0.4 is 19.7 Å². The number of hydrogen-bond donors (Lipinski definition) is 2. The molecule has 2 aliphatic heterocycles. The molecule has 0 spiro atoms. The Balaban J connectivity index is 1.50. The van der Waals surface area contributed by atoms with Crippen LogP contribution in [0.4, 0.5) is 11.4 Å². The fourth-order valence-electron chi connectivity index (χ4n) is 3.79. The van der Waals surface area contributed by atoms with Gasteiger partial charge in [-0.15, -0.1) is 0 Å². The highest BCUT2D eigenvalue weighted by Gasteiger charge is 2.35. The van der Waals surface area contributed by atoms with Gasteiger partial charge in [-0.1, -0.05) is 23.7 Å². The van der Waals surface area contributed by atoms with Crippen molar-refractivity contribution in [1.82, 2.24) is 5.32 Å². The van der Waals surface area contributed by atoms with E-state index in [9.17, 15) is 18.0 Å². The topological polar surface area (TPSA) is 114 Å². The number of amides is 2. The molecule has 0 aromatic heterocycles. The molecule has 0 aliphatic carbocycles. The summed E-state index contributed by atoms with van der Waals surface area (Å²) in [6.07, 6.45) is 1.76. The van der Waals surface area contributed by atoms with Gasteiger partial charge in [0.2, 0.25) is 10.0 Å². The number of carbonyl (C=O) groups is 2. The summed E-state index contributed by atoms with van der Waals surface area (Å²) in [5.41, 5.74) is 0.846. The van der Waals surface area contributed by atoms with Gasteiger partial charge in [0.05, 0.1) is 35.8 Å². The van der Waals surface area contributed by atoms with E-state index in [2.05, 4.69) is 10.6 Å². The molecular weight excluding hydrogens is 470 g/mol. The van der Waals surface area contributed by atoms with Crippen LogP contribution in [0.25, 0.3) is 0 Å². The van der Waals surface area contributed by atoms with Crippen LogP contribution in [0, 0.1) is 0 Å². The number of fused-ring (bicyclic) bond motifs is 1. The lowest BCUT2D eigenvalue weighted by Crippen LogP contribution is -2.48. The predicted molar refractivity (Wildman–Crippen MR) is 124 cm³/mol. The van der Waals surface area contributed by atoms with E-state index in [0.717, 1.165) is 23.4 Å². The Bertz CT molecular complexity index is 1170. The Morgan fingerprint density at radius 2 is 2.00 bits per heavy atom. The smallest absolute Gasteiger partial charge is 0.267 e. The molecule has 2 atom stereocenters. The third-order valence-electron chi connectivity index (χ3n) is 5.43. The number of benzene rings is 2. The zero-order valence-corrected chi connectivity index (χ0v) is 19.5. The van der Waals surface area contributed by atoms with Gasteiger partial charge in [-0.25, -0.2) is 8.42 Å². The van der Waals surface area contributed by atoms with E-state index in [1.54, 1.807) is 30.3 Å². The third kappa shape index (κ3) is 5.40. The predicted octanol–water partition coefficient (Wildman–Crippen LogP) is 2.41. The summed E-state index contributed by atoms with van der Waals surface area (Å²) in [7, 11) is -3.69. The first-order valence-corrected chi connectivity index (χ1v) is 12.7. The van der Waals surface area contributed by atoms with Crippen LogP contribution in [0.5, 0.6) is 5.75 Å². The monoisotopic (exact) mass is 493 g/mol. The van der Waals surface area contributed by atoms with Crippen LogP contribution >= 0.6 is 11.6 Å². The maximum Gasteiger partial charge on any atom is 0.267 e. The molecule has 0 bridgehead atoms. The van der Waals surface area contributed by atoms with Gasteiger partial charge in [0.15, 0.2) is 6.10 Å². The minimum atomic E-state index is -3.69. The summed E-state index contributed by atoms with van der Waals surface area (Å²) in [5.74, 6) is -0.703. The minimum Gasteiger partial charge on any atom is -0.476 e. The summed E-state index contributed by atoms with van der Waals surface area (Å²) >= 11 is 6.01. The Kier molecular flexibility index (Phi) is 6.78. The van der Waals surface area contributed by atoms with E-state index in [1.165, 1.54) is 12.1 Å².